The van der Waals surface area contributed by atoms with Crippen LogP contribution in [0.3, 0.4) is 0 Å². The van der Waals surface area contributed by atoms with Gasteiger partial charge >= 0.3 is 0 Å². The first-order valence-electron chi connectivity index (χ1n) is 42.8. The zero-order valence-electron chi connectivity index (χ0n) is 66.8. The molecule has 0 aromatic heterocycles. The van der Waals surface area contributed by atoms with Crippen LogP contribution in [0.5, 0.6) is 0 Å². The van der Waals surface area contributed by atoms with Crippen LogP contribution in [-0.2, 0) is 33.2 Å². The van der Waals surface area contributed by atoms with E-state index < -0.39 is 124 Å². The Hall–Kier alpha value is -3.81. The first-order chi connectivity index (χ1) is 52.8. The molecule has 3 fully saturated rings. The molecule has 0 radical (unpaired) electrons. The second-order valence-electron chi connectivity index (χ2n) is 29.9. The van der Waals surface area contributed by atoms with Crippen molar-refractivity contribution in [3.8, 4) is 0 Å². The number of aliphatic hydroxyl groups is 11. The first-order valence-corrected chi connectivity index (χ1v) is 42.8. The van der Waals surface area contributed by atoms with Crippen LogP contribution in [0, 0.1) is 0 Å². The maximum Gasteiger partial charge on any atom is 0.220 e. The molecule has 3 aliphatic rings. The van der Waals surface area contributed by atoms with E-state index in [0.717, 1.165) is 89.9 Å². The number of amides is 1. The quantitative estimate of drug-likeness (QED) is 0.0199. The Labute approximate surface area is 652 Å². The van der Waals surface area contributed by atoms with Gasteiger partial charge in [0.1, 0.15) is 73.2 Å². The van der Waals surface area contributed by atoms with E-state index in [4.69, 9.17) is 28.4 Å². The highest BCUT2D eigenvalue weighted by Gasteiger charge is 2.54. The minimum Gasteiger partial charge on any atom is -0.394 e. The summed E-state index contributed by atoms with van der Waals surface area (Å²) in [5, 5.41) is 121. The molecule has 17 atom stereocenters. The average Bonchev–Trinajstić information content (AvgIpc) is 0.775. The number of allylic oxidation sites excluding steroid dienone is 19. The van der Waals surface area contributed by atoms with Gasteiger partial charge in [-0.2, -0.15) is 0 Å². The maximum absolute atomic E-state index is 13.5. The maximum atomic E-state index is 13.5. The van der Waals surface area contributed by atoms with Crippen LogP contribution in [0.1, 0.15) is 303 Å². The first kappa shape index (κ1) is 98.4. The van der Waals surface area contributed by atoms with Gasteiger partial charge in [-0.25, -0.2) is 0 Å². The number of carbonyl (C=O) groups is 1. The van der Waals surface area contributed by atoms with Gasteiger partial charge in [0.05, 0.1) is 38.6 Å². The van der Waals surface area contributed by atoms with E-state index in [-0.39, 0.29) is 18.9 Å². The molecule has 0 bridgehead atoms. The summed E-state index contributed by atoms with van der Waals surface area (Å²) in [5.41, 5.74) is 0. The zero-order valence-corrected chi connectivity index (χ0v) is 66.8. The van der Waals surface area contributed by atoms with Crippen molar-refractivity contribution >= 4 is 5.91 Å². The molecule has 0 aliphatic carbocycles. The van der Waals surface area contributed by atoms with E-state index in [1.807, 2.05) is 6.08 Å². The number of rotatable bonds is 67. The van der Waals surface area contributed by atoms with Gasteiger partial charge in [-0.05, 0) is 103 Å². The number of hydrogen-bond donors (Lipinski definition) is 12. The van der Waals surface area contributed by atoms with Gasteiger partial charge < -0.3 is 89.9 Å². The van der Waals surface area contributed by atoms with Gasteiger partial charge in [-0.3, -0.25) is 4.79 Å². The number of aliphatic hydroxyl groups excluding tert-OH is 11. The molecule has 0 saturated carbocycles. The molecule has 19 heteroatoms. The van der Waals surface area contributed by atoms with Crippen molar-refractivity contribution in [3.05, 3.63) is 122 Å². The number of carbonyl (C=O) groups excluding carboxylic acids is 1. The Bertz CT molecular complexity index is 2420. The molecular weight excluding hydrogens is 1370 g/mol. The molecule has 17 unspecified atom stereocenters. The van der Waals surface area contributed by atoms with Crippen LogP contribution in [0.15, 0.2) is 122 Å². The summed E-state index contributed by atoms with van der Waals surface area (Å²) in [5.74, 6) is -0.290. The van der Waals surface area contributed by atoms with Crippen LogP contribution in [0.4, 0.5) is 0 Å². The fourth-order valence-electron chi connectivity index (χ4n) is 13.7. The van der Waals surface area contributed by atoms with Crippen LogP contribution in [0.25, 0.3) is 0 Å². The summed E-state index contributed by atoms with van der Waals surface area (Å²) < 4.78 is 34.5. The number of unbranched alkanes of at least 4 members (excludes halogenated alkanes) is 33. The monoisotopic (exact) mass is 1520 g/mol. The molecular formula is C89H153NO18. The minimum absolute atomic E-state index is 0.227. The van der Waals surface area contributed by atoms with Crippen LogP contribution < -0.4 is 5.32 Å². The molecule has 0 aromatic carbocycles. The molecule has 0 spiro atoms. The molecule has 622 valence electrons. The van der Waals surface area contributed by atoms with E-state index in [1.54, 1.807) is 6.08 Å². The van der Waals surface area contributed by atoms with E-state index in [1.165, 1.54) is 180 Å². The Balaban J connectivity index is 1.34. The van der Waals surface area contributed by atoms with Crippen molar-refractivity contribution in [2.75, 3.05) is 26.4 Å². The van der Waals surface area contributed by atoms with Crippen LogP contribution in [-0.4, -0.2) is 193 Å². The number of nitrogens with one attached hydrogen (secondary N) is 1. The summed E-state index contributed by atoms with van der Waals surface area (Å²) in [6.45, 7) is 1.62. The fourth-order valence-corrected chi connectivity index (χ4v) is 13.7. The minimum atomic E-state index is -1.99. The molecule has 0 aromatic rings. The highest BCUT2D eigenvalue weighted by atomic mass is 16.8. The predicted octanol–water partition coefficient (Wildman–Crippen LogP) is 15.5. The summed E-state index contributed by atoms with van der Waals surface area (Å²) >= 11 is 0. The Morgan fingerprint density at radius 2 is 0.648 bits per heavy atom. The van der Waals surface area contributed by atoms with Crippen LogP contribution >= 0.6 is 0 Å². The summed E-state index contributed by atoms with van der Waals surface area (Å²) in [6, 6.07) is -1.00. The Morgan fingerprint density at radius 1 is 0.343 bits per heavy atom. The van der Waals surface area contributed by atoms with Gasteiger partial charge in [0.2, 0.25) is 5.91 Å². The van der Waals surface area contributed by atoms with Gasteiger partial charge in [0.15, 0.2) is 18.9 Å². The fraction of sp³-hybridized carbons (Fsp3) is 0.764. The summed E-state index contributed by atoms with van der Waals surface area (Å²) in [6.07, 6.45) is 69.1. The SMILES string of the molecule is CC/C=C\C/C=C\C/C=C\C/C=C\C/C=C\C/C=C\C/C=C\CCCCCCCCCCCCCCCCCCCC(=O)NC(COC1OC(CO)C(OC2OC(CO)C(OC3OC(CO)C(O)C(O)C3O)C(O)C2O)C(O)C1O)C(O)/C=C/CC/C=C/CC/C=C/CCCCCCCCCCCCCCCC. The number of ether oxygens (including phenoxy) is 6. The second kappa shape index (κ2) is 67.7. The lowest BCUT2D eigenvalue weighted by Crippen LogP contribution is -2.66. The highest BCUT2D eigenvalue weighted by Crippen LogP contribution is 2.33. The van der Waals surface area contributed by atoms with Crippen molar-refractivity contribution in [1.29, 1.82) is 0 Å². The van der Waals surface area contributed by atoms with Crippen LogP contribution in [0.2, 0.25) is 0 Å². The summed E-state index contributed by atoms with van der Waals surface area (Å²) in [4.78, 5) is 13.5. The Kier molecular flexibility index (Phi) is 61.6. The Morgan fingerprint density at radius 3 is 1.04 bits per heavy atom. The lowest BCUT2D eigenvalue weighted by Gasteiger charge is -2.48. The largest absolute Gasteiger partial charge is 0.394 e. The second-order valence-corrected chi connectivity index (χ2v) is 29.9. The predicted molar refractivity (Wildman–Crippen MR) is 433 cm³/mol. The topological polar surface area (TPSA) is 307 Å². The van der Waals surface area contributed by atoms with Crippen molar-refractivity contribution < 1.29 is 89.4 Å². The normalized spacial score (nSPS) is 26.0. The molecule has 19 nitrogen and oxygen atoms in total. The standard InChI is InChI=1S/C89H153NO18/c1-3-5-7-9-11-13-15-17-19-21-23-25-27-29-30-31-32-33-34-35-36-37-38-39-40-41-42-43-45-47-49-51-53-55-57-59-61-63-65-67-77(95)90-72(73(94)66-64-62-60-58-56-54-52-50-48-46-44-28-26-24-22-20-18-16-14-12-10-8-6-4-2)71-103-87-83(101)80(98)85(75(69-92)105-87)108-89-84(102)81(99)86(76(70-93)106-89)107-88-82(100)79(97)78(96)74(68-91)104-88/h5,7,11,13,17,19,23,25,29-30,32-33,35-36,48,50,56,58,64,66,72-76,78-89,91-94,96-102H,3-4,6,8-10,12,14-16,18,20-22,24,26-28,31,34,37-47,49,51-55,57,59-63,65,67-71H2,1-2H3,(H,90,95)/b7-5-,13-11-,19-17-,25-23-,30-29-,33-32-,36-35-,50-48+,58-56+,66-64+. The van der Waals surface area contributed by atoms with E-state index >= 15 is 0 Å². The highest BCUT2D eigenvalue weighted by molar-refractivity contribution is 5.76. The van der Waals surface area contributed by atoms with Gasteiger partial charge in [0.25, 0.3) is 0 Å². The third-order valence-corrected chi connectivity index (χ3v) is 20.5. The summed E-state index contributed by atoms with van der Waals surface area (Å²) in [7, 11) is 0. The molecule has 3 saturated heterocycles. The third-order valence-electron chi connectivity index (χ3n) is 20.5. The van der Waals surface area contributed by atoms with Crippen molar-refractivity contribution in [3.63, 3.8) is 0 Å². The molecule has 3 heterocycles. The third kappa shape index (κ3) is 46.4. The molecule has 3 rings (SSSR count). The van der Waals surface area contributed by atoms with Gasteiger partial charge in [-0.1, -0.05) is 315 Å². The van der Waals surface area contributed by atoms with Crippen molar-refractivity contribution in [1.82, 2.24) is 5.32 Å². The van der Waals surface area contributed by atoms with Crippen molar-refractivity contribution in [2.24, 2.45) is 0 Å². The van der Waals surface area contributed by atoms with Gasteiger partial charge in [0, 0.05) is 6.42 Å². The van der Waals surface area contributed by atoms with Crippen molar-refractivity contribution in [2.45, 2.75) is 407 Å². The molecule has 108 heavy (non-hydrogen) atoms. The number of hydrogen-bond acceptors (Lipinski definition) is 18. The molecule has 12 N–H and O–H groups in total. The lowest BCUT2D eigenvalue weighted by molar-refractivity contribution is -0.379. The van der Waals surface area contributed by atoms with E-state index in [2.05, 4.69) is 129 Å². The van der Waals surface area contributed by atoms with E-state index in [0.29, 0.717) is 12.8 Å². The average molecular weight is 1530 g/mol. The molecule has 1 amide bonds. The van der Waals surface area contributed by atoms with E-state index in [9.17, 15) is 61.0 Å². The zero-order chi connectivity index (χ0) is 78.1. The van der Waals surface area contributed by atoms with Gasteiger partial charge in [-0.15, -0.1) is 0 Å². The lowest BCUT2D eigenvalue weighted by atomic mass is 9.96. The smallest absolute Gasteiger partial charge is 0.220 e. The molecule has 3 aliphatic heterocycles.